The summed E-state index contributed by atoms with van der Waals surface area (Å²) in [5.74, 6) is -0.312. The summed E-state index contributed by atoms with van der Waals surface area (Å²) in [6, 6.07) is 5.41. The van der Waals surface area contributed by atoms with Crippen LogP contribution in [-0.2, 0) is 6.42 Å². The minimum Gasteiger partial charge on any atom is -0.342 e. The Morgan fingerprint density at radius 2 is 2.07 bits per heavy atom. The molecule has 4 heterocycles. The summed E-state index contributed by atoms with van der Waals surface area (Å²) < 4.78 is 0. The second kappa shape index (κ2) is 6.46. The molecule has 3 aromatic rings. The molecule has 8 heteroatoms. The number of carbonyl (C=O) groups is 2. The van der Waals surface area contributed by atoms with Crippen molar-refractivity contribution in [3.63, 3.8) is 0 Å². The Bertz CT molecular complexity index is 1020. The highest BCUT2D eigenvalue weighted by molar-refractivity contribution is 5.98. The summed E-state index contributed by atoms with van der Waals surface area (Å²) in [6.07, 6.45) is 5.63. The predicted molar refractivity (Wildman–Crippen MR) is 99.3 cm³/mol. The fraction of sp³-hybridized carbons (Fsp3) is 0.316. The van der Waals surface area contributed by atoms with Gasteiger partial charge in [-0.05, 0) is 31.5 Å². The van der Waals surface area contributed by atoms with Crippen LogP contribution in [0.15, 0.2) is 36.8 Å². The molecule has 0 aliphatic carbocycles. The molecule has 1 saturated heterocycles. The number of likely N-dealkylation sites (tertiary alicyclic amines) is 1. The number of aromatic amines is 1. The van der Waals surface area contributed by atoms with Crippen molar-refractivity contribution in [1.82, 2.24) is 30.4 Å². The molecule has 4 rings (SSSR count). The first kappa shape index (κ1) is 17.1. The number of hydrogen-bond acceptors (Lipinski definition) is 5. The molecule has 27 heavy (non-hydrogen) atoms. The average Bonchev–Trinajstić information content (AvgIpc) is 3.14. The summed E-state index contributed by atoms with van der Waals surface area (Å²) in [5, 5.41) is 9.68. The number of fused-ring (bicyclic) bond motifs is 1. The minimum atomic E-state index is -0.467. The van der Waals surface area contributed by atoms with Gasteiger partial charge >= 0.3 is 0 Å². The van der Waals surface area contributed by atoms with Gasteiger partial charge in [0.2, 0.25) is 0 Å². The van der Waals surface area contributed by atoms with Gasteiger partial charge in [0.25, 0.3) is 11.8 Å². The second-order valence-corrected chi connectivity index (χ2v) is 7.07. The molecule has 0 spiro atoms. The van der Waals surface area contributed by atoms with E-state index in [0.29, 0.717) is 29.9 Å². The first-order chi connectivity index (χ1) is 13.0. The van der Waals surface area contributed by atoms with Crippen LogP contribution in [0.3, 0.4) is 0 Å². The van der Waals surface area contributed by atoms with E-state index in [9.17, 15) is 9.59 Å². The van der Waals surface area contributed by atoms with Crippen LogP contribution in [0, 0.1) is 0 Å². The standard InChI is InChI=1S/C19H20N6O2/c1-3-12-9-22-24-16(12)17(26)23-19(2)10-25(11-19)18(27)13-7-15-14(21-8-13)5-4-6-20-15/h4-9H,3,10-11H2,1-2H3,(H,22,24)(H,23,26). The zero-order chi connectivity index (χ0) is 19.0. The van der Waals surface area contributed by atoms with Crippen molar-refractivity contribution in [2.24, 2.45) is 0 Å². The number of aryl methyl sites for hydroxylation is 1. The average molecular weight is 364 g/mol. The van der Waals surface area contributed by atoms with Crippen molar-refractivity contribution < 1.29 is 9.59 Å². The van der Waals surface area contributed by atoms with Crippen LogP contribution in [0.2, 0.25) is 0 Å². The number of H-pyrrole nitrogens is 1. The van der Waals surface area contributed by atoms with Crippen molar-refractivity contribution in [3.8, 4) is 0 Å². The summed E-state index contributed by atoms with van der Waals surface area (Å²) >= 11 is 0. The molecule has 1 aliphatic heterocycles. The van der Waals surface area contributed by atoms with E-state index in [1.54, 1.807) is 29.6 Å². The number of aromatic nitrogens is 4. The van der Waals surface area contributed by atoms with Crippen LogP contribution < -0.4 is 5.32 Å². The van der Waals surface area contributed by atoms with E-state index in [4.69, 9.17) is 0 Å². The normalized spacial score (nSPS) is 15.4. The molecule has 0 aromatic carbocycles. The van der Waals surface area contributed by atoms with Gasteiger partial charge in [0, 0.05) is 31.0 Å². The van der Waals surface area contributed by atoms with Crippen LogP contribution >= 0.6 is 0 Å². The number of nitrogens with one attached hydrogen (secondary N) is 2. The molecule has 2 amide bonds. The van der Waals surface area contributed by atoms with E-state index in [1.807, 2.05) is 26.0 Å². The Hall–Kier alpha value is -3.29. The van der Waals surface area contributed by atoms with Crippen LogP contribution in [0.1, 0.15) is 40.3 Å². The zero-order valence-electron chi connectivity index (χ0n) is 15.2. The maximum Gasteiger partial charge on any atom is 0.270 e. The van der Waals surface area contributed by atoms with Gasteiger partial charge in [-0.15, -0.1) is 0 Å². The van der Waals surface area contributed by atoms with E-state index in [2.05, 4.69) is 25.5 Å². The second-order valence-electron chi connectivity index (χ2n) is 7.07. The first-order valence-electron chi connectivity index (χ1n) is 8.84. The molecule has 2 N–H and O–H groups in total. The fourth-order valence-electron chi connectivity index (χ4n) is 3.38. The van der Waals surface area contributed by atoms with Crippen LogP contribution in [-0.4, -0.2) is 55.5 Å². The van der Waals surface area contributed by atoms with Crippen molar-refractivity contribution in [3.05, 3.63) is 53.6 Å². The zero-order valence-corrected chi connectivity index (χ0v) is 15.2. The maximum atomic E-state index is 12.7. The Kier molecular flexibility index (Phi) is 4.10. The van der Waals surface area contributed by atoms with Crippen LogP contribution in [0.4, 0.5) is 0 Å². The van der Waals surface area contributed by atoms with Gasteiger partial charge in [-0.3, -0.25) is 24.7 Å². The number of amides is 2. The number of hydrogen-bond donors (Lipinski definition) is 2. The molecule has 0 unspecified atom stereocenters. The van der Waals surface area contributed by atoms with Gasteiger partial charge < -0.3 is 10.2 Å². The third-order valence-electron chi connectivity index (χ3n) is 4.81. The Morgan fingerprint density at radius 1 is 1.26 bits per heavy atom. The van der Waals surface area contributed by atoms with Crippen molar-refractivity contribution in [2.75, 3.05) is 13.1 Å². The van der Waals surface area contributed by atoms with E-state index >= 15 is 0 Å². The van der Waals surface area contributed by atoms with Gasteiger partial charge in [0.15, 0.2) is 0 Å². The monoisotopic (exact) mass is 364 g/mol. The van der Waals surface area contributed by atoms with Gasteiger partial charge in [-0.2, -0.15) is 5.10 Å². The predicted octanol–water partition coefficient (Wildman–Crippen LogP) is 1.56. The Balaban J connectivity index is 1.43. The SMILES string of the molecule is CCc1cn[nH]c1C(=O)NC1(C)CN(C(=O)c2cnc3cccnc3c2)C1. The lowest BCUT2D eigenvalue weighted by Crippen LogP contribution is -2.69. The third-order valence-corrected chi connectivity index (χ3v) is 4.81. The summed E-state index contributed by atoms with van der Waals surface area (Å²) in [5.41, 5.74) is 2.82. The quantitative estimate of drug-likeness (QED) is 0.731. The molecule has 0 saturated carbocycles. The van der Waals surface area contributed by atoms with Crippen molar-refractivity contribution in [1.29, 1.82) is 0 Å². The lowest BCUT2D eigenvalue weighted by atomic mass is 9.91. The van der Waals surface area contributed by atoms with Crippen molar-refractivity contribution >= 4 is 22.8 Å². The highest BCUT2D eigenvalue weighted by Crippen LogP contribution is 2.24. The molecule has 0 bridgehead atoms. The fourth-order valence-corrected chi connectivity index (χ4v) is 3.38. The minimum absolute atomic E-state index is 0.113. The molecule has 1 fully saturated rings. The molecule has 138 valence electrons. The molecule has 0 radical (unpaired) electrons. The summed E-state index contributed by atoms with van der Waals surface area (Å²) in [7, 11) is 0. The molecule has 8 nitrogen and oxygen atoms in total. The third kappa shape index (κ3) is 3.14. The highest BCUT2D eigenvalue weighted by Gasteiger charge is 2.43. The Labute approximate surface area is 156 Å². The van der Waals surface area contributed by atoms with Crippen molar-refractivity contribution in [2.45, 2.75) is 25.8 Å². The lowest BCUT2D eigenvalue weighted by Gasteiger charge is -2.48. The molecule has 3 aromatic heterocycles. The topological polar surface area (TPSA) is 104 Å². The van der Waals surface area contributed by atoms with Crippen LogP contribution in [0.25, 0.3) is 11.0 Å². The maximum absolute atomic E-state index is 12.7. The number of pyridine rings is 2. The molecule has 1 aliphatic rings. The number of carbonyl (C=O) groups excluding carboxylic acids is 2. The summed E-state index contributed by atoms with van der Waals surface area (Å²) in [6.45, 7) is 4.78. The Morgan fingerprint density at radius 3 is 2.85 bits per heavy atom. The van der Waals surface area contributed by atoms with E-state index < -0.39 is 5.54 Å². The number of rotatable bonds is 4. The molecule has 0 atom stereocenters. The van der Waals surface area contributed by atoms with E-state index in [0.717, 1.165) is 17.5 Å². The van der Waals surface area contributed by atoms with E-state index in [1.165, 1.54) is 0 Å². The van der Waals surface area contributed by atoms with Gasteiger partial charge in [-0.1, -0.05) is 6.92 Å². The number of nitrogens with zero attached hydrogens (tertiary/aromatic N) is 4. The largest absolute Gasteiger partial charge is 0.342 e. The van der Waals surface area contributed by atoms with Crippen LogP contribution in [0.5, 0.6) is 0 Å². The molecular weight excluding hydrogens is 344 g/mol. The van der Waals surface area contributed by atoms with Gasteiger partial charge in [-0.25, -0.2) is 0 Å². The van der Waals surface area contributed by atoms with E-state index in [-0.39, 0.29) is 11.8 Å². The smallest absolute Gasteiger partial charge is 0.270 e. The molecular formula is C19H20N6O2. The lowest BCUT2D eigenvalue weighted by molar-refractivity contribution is 0.0329. The first-order valence-corrected chi connectivity index (χ1v) is 8.84. The van der Waals surface area contributed by atoms with Gasteiger partial charge in [0.1, 0.15) is 5.69 Å². The summed E-state index contributed by atoms with van der Waals surface area (Å²) in [4.78, 5) is 35.4. The van der Waals surface area contributed by atoms with Gasteiger partial charge in [0.05, 0.1) is 28.3 Å². The highest BCUT2D eigenvalue weighted by atomic mass is 16.2.